The summed E-state index contributed by atoms with van der Waals surface area (Å²) < 4.78 is 173. The molecule has 0 saturated carbocycles. The lowest BCUT2D eigenvalue weighted by Crippen LogP contribution is -2.59. The van der Waals surface area contributed by atoms with Crippen LogP contribution in [0.5, 0.6) is 0 Å². The first-order valence-electron chi connectivity index (χ1n) is 8.93. The highest BCUT2D eigenvalue weighted by atomic mass is 32.2. The van der Waals surface area contributed by atoms with E-state index in [-0.39, 0.29) is 0 Å². The minimum absolute atomic E-state index is 0.674. The molecule has 1 N–H and O–H groups in total. The van der Waals surface area contributed by atoms with E-state index >= 15 is 0 Å². The quantitative estimate of drug-likeness (QED) is 0.0951. The van der Waals surface area contributed by atoms with E-state index in [4.69, 9.17) is 4.55 Å². The SMILES string of the molecule is C=C(C(=O)OC(OCCCC(F)(F)C(F)(F)S(=O)(=O)O)(C(=O)OCC(C)C)C(F)(F)F)C(F)(F)F. The van der Waals surface area contributed by atoms with Crippen LogP contribution in [0.1, 0.15) is 26.7 Å². The van der Waals surface area contributed by atoms with Crippen molar-refractivity contribution in [2.24, 2.45) is 5.92 Å². The van der Waals surface area contributed by atoms with Crippen LogP contribution >= 0.6 is 0 Å². The molecule has 0 heterocycles. The number of carbonyl (C=O) groups excluding carboxylic acids is 2. The Hall–Kier alpha value is -2.15. The van der Waals surface area contributed by atoms with Gasteiger partial charge in [-0.1, -0.05) is 20.4 Å². The number of alkyl halides is 10. The monoisotopic (exact) mass is 560 g/mol. The molecule has 0 aliphatic rings. The van der Waals surface area contributed by atoms with Gasteiger partial charge in [-0.2, -0.15) is 52.3 Å². The lowest BCUT2D eigenvalue weighted by molar-refractivity contribution is -0.356. The van der Waals surface area contributed by atoms with Gasteiger partial charge in [-0.3, -0.25) is 4.55 Å². The van der Waals surface area contributed by atoms with Crippen LogP contribution in [0, 0.1) is 5.92 Å². The van der Waals surface area contributed by atoms with Crippen LogP contribution in [0.2, 0.25) is 0 Å². The van der Waals surface area contributed by atoms with Crippen molar-refractivity contribution in [3.8, 4) is 0 Å². The van der Waals surface area contributed by atoms with Gasteiger partial charge in [0.2, 0.25) is 0 Å². The summed E-state index contributed by atoms with van der Waals surface area (Å²) in [7, 11) is -6.68. The van der Waals surface area contributed by atoms with Crippen LogP contribution in [-0.4, -0.2) is 67.4 Å². The van der Waals surface area contributed by atoms with Gasteiger partial charge in [0.15, 0.2) is 0 Å². The molecule has 0 bridgehead atoms. The third-order valence-electron chi connectivity index (χ3n) is 3.70. The predicted molar refractivity (Wildman–Crippen MR) is 92.5 cm³/mol. The summed E-state index contributed by atoms with van der Waals surface area (Å²) in [6.07, 6.45) is -15.7. The summed E-state index contributed by atoms with van der Waals surface area (Å²) in [6.45, 7) is 2.12. The Balaban J connectivity index is 6.03. The molecule has 0 amide bonds. The highest BCUT2D eigenvalue weighted by molar-refractivity contribution is 7.87. The number of esters is 2. The van der Waals surface area contributed by atoms with Gasteiger partial charge in [0.25, 0.3) is 0 Å². The van der Waals surface area contributed by atoms with Gasteiger partial charge in [-0.05, 0) is 12.3 Å². The molecule has 19 heteroatoms. The van der Waals surface area contributed by atoms with Crippen LogP contribution < -0.4 is 0 Å². The maximum Gasteiger partial charge on any atom is 0.468 e. The molecule has 0 saturated heterocycles. The third kappa shape index (κ3) is 7.92. The fraction of sp³-hybridized carbons (Fsp3) is 0.750. The molecule has 0 radical (unpaired) electrons. The highest BCUT2D eigenvalue weighted by Gasteiger charge is 2.69. The van der Waals surface area contributed by atoms with E-state index in [9.17, 15) is 61.9 Å². The van der Waals surface area contributed by atoms with Crippen molar-refractivity contribution in [3.63, 3.8) is 0 Å². The van der Waals surface area contributed by atoms with Crippen molar-refractivity contribution in [1.29, 1.82) is 0 Å². The van der Waals surface area contributed by atoms with Crippen LogP contribution in [0.25, 0.3) is 0 Å². The smallest absolute Gasteiger partial charge is 0.460 e. The average Bonchev–Trinajstić information content (AvgIpc) is 2.64. The average molecular weight is 560 g/mol. The summed E-state index contributed by atoms with van der Waals surface area (Å²) in [5, 5.41) is -6.09. The number of hydrogen-bond acceptors (Lipinski definition) is 7. The lowest BCUT2D eigenvalue weighted by atomic mass is 10.2. The fourth-order valence-corrected chi connectivity index (χ4v) is 2.35. The van der Waals surface area contributed by atoms with Crippen molar-refractivity contribution in [2.45, 2.75) is 56.0 Å². The molecule has 0 aromatic heterocycles. The van der Waals surface area contributed by atoms with Gasteiger partial charge in [0.1, 0.15) is 5.57 Å². The second kappa shape index (κ2) is 10.9. The topological polar surface area (TPSA) is 116 Å². The van der Waals surface area contributed by atoms with Crippen LogP contribution in [0.15, 0.2) is 12.2 Å². The molecule has 0 aliphatic heterocycles. The first-order valence-corrected chi connectivity index (χ1v) is 10.4. The minimum atomic E-state index is -6.68. The molecule has 0 aromatic rings. The highest BCUT2D eigenvalue weighted by Crippen LogP contribution is 2.42. The van der Waals surface area contributed by atoms with E-state index in [0.29, 0.717) is 0 Å². The largest absolute Gasteiger partial charge is 0.468 e. The van der Waals surface area contributed by atoms with Crippen molar-refractivity contribution in [3.05, 3.63) is 12.2 Å². The van der Waals surface area contributed by atoms with E-state index in [1.165, 1.54) is 13.8 Å². The molecule has 8 nitrogen and oxygen atoms in total. The number of carbonyl (C=O) groups is 2. The second-order valence-electron chi connectivity index (χ2n) is 7.12. The number of hydrogen-bond donors (Lipinski definition) is 1. The first kappa shape index (κ1) is 32.8. The van der Waals surface area contributed by atoms with E-state index in [2.05, 4.69) is 20.8 Å². The minimum Gasteiger partial charge on any atom is -0.460 e. The van der Waals surface area contributed by atoms with Gasteiger partial charge in [-0.25, -0.2) is 9.59 Å². The number of ether oxygens (including phenoxy) is 3. The van der Waals surface area contributed by atoms with Crippen molar-refractivity contribution in [1.82, 2.24) is 0 Å². The summed E-state index contributed by atoms with van der Waals surface area (Å²) in [5.41, 5.74) is -2.54. The molecule has 1 unspecified atom stereocenters. The number of rotatable bonds is 12. The summed E-state index contributed by atoms with van der Waals surface area (Å²) in [6, 6.07) is 0. The van der Waals surface area contributed by atoms with Crippen molar-refractivity contribution in [2.75, 3.05) is 13.2 Å². The lowest BCUT2D eigenvalue weighted by Gasteiger charge is -2.33. The van der Waals surface area contributed by atoms with E-state index < -0.39 is 88.9 Å². The summed E-state index contributed by atoms with van der Waals surface area (Å²) in [5.74, 6) is -16.7. The van der Waals surface area contributed by atoms with Crippen LogP contribution in [0.3, 0.4) is 0 Å². The van der Waals surface area contributed by atoms with E-state index in [0.717, 1.165) is 0 Å². The summed E-state index contributed by atoms with van der Waals surface area (Å²) in [4.78, 5) is 23.7. The normalized spacial score (nSPS) is 15.5. The fourth-order valence-electron chi connectivity index (χ4n) is 1.88. The molecule has 0 spiro atoms. The summed E-state index contributed by atoms with van der Waals surface area (Å²) >= 11 is 0. The maximum absolute atomic E-state index is 13.7. The Morgan fingerprint density at radius 1 is 0.971 bits per heavy atom. The Morgan fingerprint density at radius 3 is 1.83 bits per heavy atom. The van der Waals surface area contributed by atoms with Gasteiger partial charge >= 0.3 is 51.4 Å². The molecular formula is C16H18F10O8S. The second-order valence-corrected chi connectivity index (χ2v) is 8.58. The third-order valence-corrected chi connectivity index (χ3v) is 4.65. The number of halogens is 10. The van der Waals surface area contributed by atoms with Gasteiger partial charge in [0, 0.05) is 6.42 Å². The van der Waals surface area contributed by atoms with E-state index in [1.807, 2.05) is 0 Å². The van der Waals surface area contributed by atoms with Gasteiger partial charge in [-0.15, -0.1) is 0 Å². The Bertz CT molecular complexity index is 895. The molecule has 0 fully saturated rings. The van der Waals surface area contributed by atoms with E-state index in [1.54, 1.807) is 0 Å². The zero-order chi connectivity index (χ0) is 28.3. The maximum atomic E-state index is 13.7. The molecule has 35 heavy (non-hydrogen) atoms. The zero-order valence-corrected chi connectivity index (χ0v) is 18.4. The molecule has 0 aromatic carbocycles. The van der Waals surface area contributed by atoms with Crippen LogP contribution in [-0.2, 0) is 33.9 Å². The zero-order valence-electron chi connectivity index (χ0n) is 17.6. The standard InChI is InChI=1S/C16H18F10O8S/c1-8(2)7-32-11(28)13(15(22,23)24,34-10(27)9(3)14(19,20)21)33-6-4-5-12(17,18)16(25,26)35(29,30)31/h8H,3-7H2,1-2H3,(H,29,30,31). The molecule has 0 rings (SSSR count). The Kier molecular flexibility index (Phi) is 10.2. The molecule has 0 aliphatic carbocycles. The predicted octanol–water partition coefficient (Wildman–Crippen LogP) is 4.02. The van der Waals surface area contributed by atoms with Gasteiger partial charge < -0.3 is 14.2 Å². The van der Waals surface area contributed by atoms with Crippen molar-refractivity contribution >= 4 is 22.1 Å². The van der Waals surface area contributed by atoms with Crippen LogP contribution in [0.4, 0.5) is 43.9 Å². The molecular weight excluding hydrogens is 542 g/mol. The Morgan fingerprint density at radius 2 is 1.46 bits per heavy atom. The Labute approximate surface area is 190 Å². The molecule has 1 atom stereocenters. The first-order chi connectivity index (χ1) is 15.3. The van der Waals surface area contributed by atoms with Crippen molar-refractivity contribution < 1.29 is 80.7 Å². The van der Waals surface area contributed by atoms with Gasteiger partial charge in [0.05, 0.1) is 13.2 Å². The molecule has 206 valence electrons.